The first kappa shape index (κ1) is 31.4. The minimum Gasteiger partial charge on any atom is -0.416 e. The molecule has 10 rings (SSSR count). The minimum atomic E-state index is 0.492. The molecule has 0 bridgehead atoms. The Morgan fingerprint density at radius 3 is 1.19 bits per heavy atom. The Bertz CT molecular complexity index is 2850. The normalized spacial score (nSPS) is 11.3. The van der Waals surface area contributed by atoms with E-state index in [4.69, 9.17) is 4.42 Å². The van der Waals surface area contributed by atoms with Gasteiger partial charge in [0.05, 0.1) is 11.0 Å². The van der Waals surface area contributed by atoms with Crippen LogP contribution in [0, 0.1) is 0 Å². The van der Waals surface area contributed by atoms with Crippen LogP contribution in [0.1, 0.15) is 0 Å². The molecule has 254 valence electrons. The molecular weight excluding hydrogens is 659 g/mol. The van der Waals surface area contributed by atoms with E-state index >= 15 is 0 Å². The van der Waals surface area contributed by atoms with Gasteiger partial charge in [-0.2, -0.15) is 0 Å². The van der Waals surface area contributed by atoms with Gasteiger partial charge in [-0.3, -0.25) is 0 Å². The highest BCUT2D eigenvalue weighted by atomic mass is 16.4. The summed E-state index contributed by atoms with van der Waals surface area (Å²) >= 11 is 0. The average Bonchev–Trinajstić information content (AvgIpc) is 3.88. The molecular formula is C50H33N3O. The zero-order valence-corrected chi connectivity index (χ0v) is 29.3. The van der Waals surface area contributed by atoms with Crippen molar-refractivity contribution in [2.75, 3.05) is 0 Å². The monoisotopic (exact) mass is 691 g/mol. The Morgan fingerprint density at radius 1 is 0.296 bits per heavy atom. The van der Waals surface area contributed by atoms with Crippen LogP contribution in [-0.2, 0) is 0 Å². The second-order valence-corrected chi connectivity index (χ2v) is 13.4. The van der Waals surface area contributed by atoms with Gasteiger partial charge in [0.15, 0.2) is 0 Å². The third-order valence-electron chi connectivity index (χ3n) is 10.3. The summed E-state index contributed by atoms with van der Waals surface area (Å²) in [5.41, 5.74) is 14.6. The predicted octanol–water partition coefficient (Wildman–Crippen LogP) is 13.2. The summed E-state index contributed by atoms with van der Waals surface area (Å²) in [5.74, 6) is 0.991. The maximum atomic E-state index is 6.16. The smallest absolute Gasteiger partial charge is 0.248 e. The molecule has 0 aliphatic heterocycles. The molecule has 0 saturated heterocycles. The van der Waals surface area contributed by atoms with E-state index in [0.717, 1.165) is 33.5 Å². The van der Waals surface area contributed by atoms with E-state index in [1.165, 1.54) is 49.6 Å². The average molecular weight is 692 g/mol. The van der Waals surface area contributed by atoms with Crippen LogP contribution < -0.4 is 0 Å². The highest BCUT2D eigenvalue weighted by molar-refractivity contribution is 6.09. The molecule has 0 N–H and O–H groups in total. The van der Waals surface area contributed by atoms with Gasteiger partial charge in [-0.1, -0.05) is 152 Å². The van der Waals surface area contributed by atoms with Crippen LogP contribution in [0.3, 0.4) is 0 Å². The van der Waals surface area contributed by atoms with Gasteiger partial charge in [0.2, 0.25) is 11.8 Å². The van der Waals surface area contributed by atoms with Crippen LogP contribution in [0.25, 0.3) is 94.9 Å². The summed E-state index contributed by atoms with van der Waals surface area (Å²) in [6, 6.07) is 70.4. The fourth-order valence-corrected chi connectivity index (χ4v) is 7.61. The first-order chi connectivity index (χ1) is 26.8. The summed E-state index contributed by atoms with van der Waals surface area (Å²) in [5, 5.41) is 11.3. The van der Waals surface area contributed by atoms with Crippen LogP contribution in [0.15, 0.2) is 205 Å². The number of benzene rings is 8. The van der Waals surface area contributed by atoms with Gasteiger partial charge >= 0.3 is 0 Å². The van der Waals surface area contributed by atoms with Crippen LogP contribution in [0.2, 0.25) is 0 Å². The standard InChI is InChI=1S/C50H33N3O/c1-2-12-34(13-3-1)35-22-26-38(27-23-35)49-51-52-50(54-49)39-28-24-36(25-29-39)41-14-4-6-16-43(41)44-17-7-5-15-42(44)37-30-32-40(33-31-37)53-47-20-10-8-18-45(47)46-19-9-11-21-48(46)53/h1-33H. The van der Waals surface area contributed by atoms with Crippen LogP contribution in [0.5, 0.6) is 0 Å². The lowest BCUT2D eigenvalue weighted by Crippen LogP contribution is -1.94. The first-order valence-electron chi connectivity index (χ1n) is 18.2. The van der Waals surface area contributed by atoms with Crippen molar-refractivity contribution in [1.29, 1.82) is 0 Å². The highest BCUT2D eigenvalue weighted by Gasteiger charge is 2.16. The summed E-state index contributed by atoms with van der Waals surface area (Å²) in [6.45, 7) is 0. The molecule has 0 atom stereocenters. The zero-order chi connectivity index (χ0) is 35.8. The summed E-state index contributed by atoms with van der Waals surface area (Å²) < 4.78 is 8.51. The first-order valence-corrected chi connectivity index (χ1v) is 18.2. The molecule has 0 spiro atoms. The molecule has 10 aromatic rings. The largest absolute Gasteiger partial charge is 0.416 e. The number of nitrogens with zero attached hydrogens (tertiary/aromatic N) is 3. The van der Waals surface area contributed by atoms with Crippen molar-refractivity contribution in [1.82, 2.24) is 14.8 Å². The van der Waals surface area contributed by atoms with Crippen LogP contribution >= 0.6 is 0 Å². The summed E-state index contributed by atoms with van der Waals surface area (Å²) in [4.78, 5) is 0. The van der Waals surface area contributed by atoms with Crippen molar-refractivity contribution in [3.63, 3.8) is 0 Å². The SMILES string of the molecule is c1ccc(-c2ccc(-c3nnc(-c4ccc(-c5ccccc5-c5ccccc5-c5ccc(-n6c7ccccc7c7ccccc76)cc5)cc4)o3)cc2)cc1. The van der Waals surface area contributed by atoms with Crippen molar-refractivity contribution in [3.05, 3.63) is 200 Å². The molecule has 0 fully saturated rings. The number of hydrogen-bond donors (Lipinski definition) is 0. The molecule has 0 aliphatic rings. The topological polar surface area (TPSA) is 43.9 Å². The van der Waals surface area contributed by atoms with E-state index < -0.39 is 0 Å². The maximum absolute atomic E-state index is 6.16. The summed E-state index contributed by atoms with van der Waals surface area (Å²) in [7, 11) is 0. The lowest BCUT2D eigenvalue weighted by molar-refractivity contribution is 0.584. The molecule has 54 heavy (non-hydrogen) atoms. The molecule has 2 heterocycles. The Labute approximate surface area is 313 Å². The quantitative estimate of drug-likeness (QED) is 0.167. The van der Waals surface area contributed by atoms with Crippen LogP contribution in [0.4, 0.5) is 0 Å². The second-order valence-electron chi connectivity index (χ2n) is 13.4. The molecule has 0 radical (unpaired) electrons. The summed E-state index contributed by atoms with van der Waals surface area (Å²) in [6.07, 6.45) is 0. The van der Waals surface area contributed by atoms with Crippen molar-refractivity contribution < 1.29 is 4.42 Å². The van der Waals surface area contributed by atoms with Gasteiger partial charge in [-0.05, 0) is 93.0 Å². The molecule has 0 aliphatic carbocycles. The second kappa shape index (κ2) is 13.4. The Morgan fingerprint density at radius 2 is 0.667 bits per heavy atom. The van der Waals surface area contributed by atoms with Gasteiger partial charge in [0.1, 0.15) is 0 Å². The Kier molecular flexibility index (Phi) is 7.77. The van der Waals surface area contributed by atoms with Gasteiger partial charge in [0.25, 0.3) is 0 Å². The predicted molar refractivity (Wildman–Crippen MR) is 221 cm³/mol. The van der Waals surface area contributed by atoms with Gasteiger partial charge in [0, 0.05) is 27.6 Å². The number of hydrogen-bond acceptors (Lipinski definition) is 3. The van der Waals surface area contributed by atoms with Crippen molar-refractivity contribution in [2.24, 2.45) is 0 Å². The maximum Gasteiger partial charge on any atom is 0.248 e. The number of fused-ring (bicyclic) bond motifs is 3. The van der Waals surface area contributed by atoms with Gasteiger partial charge < -0.3 is 8.98 Å². The van der Waals surface area contributed by atoms with Crippen LogP contribution in [-0.4, -0.2) is 14.8 Å². The lowest BCUT2D eigenvalue weighted by Gasteiger charge is -2.15. The minimum absolute atomic E-state index is 0.492. The van der Waals surface area contributed by atoms with Gasteiger partial charge in [-0.25, -0.2) is 0 Å². The Hall–Kier alpha value is -7.30. The van der Waals surface area contributed by atoms with E-state index in [1.54, 1.807) is 0 Å². The number of aromatic nitrogens is 3. The number of para-hydroxylation sites is 2. The molecule has 0 unspecified atom stereocenters. The molecule has 4 heteroatoms. The van der Waals surface area contributed by atoms with E-state index in [2.05, 4.69) is 185 Å². The third kappa shape index (κ3) is 5.58. The van der Waals surface area contributed by atoms with Crippen molar-refractivity contribution >= 4 is 21.8 Å². The van der Waals surface area contributed by atoms with E-state index in [-0.39, 0.29) is 0 Å². The van der Waals surface area contributed by atoms with E-state index in [9.17, 15) is 0 Å². The molecule has 4 nitrogen and oxygen atoms in total. The van der Waals surface area contributed by atoms with Crippen molar-refractivity contribution in [3.8, 4) is 73.1 Å². The lowest BCUT2D eigenvalue weighted by atomic mass is 9.89. The van der Waals surface area contributed by atoms with Crippen molar-refractivity contribution in [2.45, 2.75) is 0 Å². The molecule has 2 aromatic heterocycles. The van der Waals surface area contributed by atoms with E-state index in [0.29, 0.717) is 11.8 Å². The molecule has 0 amide bonds. The third-order valence-corrected chi connectivity index (χ3v) is 10.3. The van der Waals surface area contributed by atoms with E-state index in [1.807, 2.05) is 30.3 Å². The zero-order valence-electron chi connectivity index (χ0n) is 29.3. The van der Waals surface area contributed by atoms with Gasteiger partial charge in [-0.15, -0.1) is 10.2 Å². The fourth-order valence-electron chi connectivity index (χ4n) is 7.61. The number of rotatable bonds is 7. The Balaban J connectivity index is 0.943. The molecule has 8 aromatic carbocycles. The molecule has 0 saturated carbocycles. The fraction of sp³-hybridized carbons (Fsp3) is 0. The highest BCUT2D eigenvalue weighted by Crippen LogP contribution is 2.40.